The molecule has 1 aromatic rings. The monoisotopic (exact) mass is 241 g/mol. The maximum atomic E-state index is 5.78. The van der Waals surface area contributed by atoms with Crippen molar-refractivity contribution < 1.29 is 4.74 Å². The minimum Gasteiger partial charge on any atom is -0.466 e. The first-order chi connectivity index (χ1) is 7.88. The van der Waals surface area contributed by atoms with Gasteiger partial charge in [0.2, 0.25) is 0 Å². The summed E-state index contributed by atoms with van der Waals surface area (Å²) in [5.74, 6) is 0. The molecule has 4 nitrogen and oxygen atoms in total. The lowest BCUT2D eigenvalue weighted by Crippen LogP contribution is -2.13. The van der Waals surface area contributed by atoms with Gasteiger partial charge in [-0.3, -0.25) is 0 Å². The van der Waals surface area contributed by atoms with Crippen LogP contribution in [0.2, 0.25) is 0 Å². The fraction of sp³-hybridized carbons (Fsp3) is 0.818. The van der Waals surface area contributed by atoms with Crippen molar-refractivity contribution >= 4 is 11.3 Å². The highest BCUT2D eigenvalue weighted by molar-refractivity contribution is 7.13. The fourth-order valence-electron chi connectivity index (χ4n) is 1.88. The van der Waals surface area contributed by atoms with Crippen molar-refractivity contribution in [1.82, 2.24) is 15.5 Å². The second-order valence-corrected chi connectivity index (χ2v) is 5.19. The Hall–Kier alpha value is -0.680. The Bertz CT molecular complexity index is 310. The van der Waals surface area contributed by atoms with Crippen molar-refractivity contribution in [3.05, 3.63) is 5.01 Å². The highest BCUT2D eigenvalue weighted by atomic mass is 32.1. The van der Waals surface area contributed by atoms with Crippen molar-refractivity contribution in [1.29, 1.82) is 0 Å². The minimum atomic E-state index is 0.379. The van der Waals surface area contributed by atoms with Crippen molar-refractivity contribution in [2.75, 3.05) is 6.54 Å². The number of hydrogen-bond donors (Lipinski definition) is 1. The lowest BCUT2D eigenvalue weighted by atomic mass is 10.3. The second kappa shape index (κ2) is 6.15. The Morgan fingerprint density at radius 1 is 1.38 bits per heavy atom. The zero-order valence-electron chi connectivity index (χ0n) is 9.74. The average molecular weight is 241 g/mol. The van der Waals surface area contributed by atoms with Crippen LogP contribution in [0.4, 0.5) is 0 Å². The van der Waals surface area contributed by atoms with E-state index < -0.39 is 0 Å². The van der Waals surface area contributed by atoms with Gasteiger partial charge in [-0.1, -0.05) is 23.4 Å². The molecule has 0 bridgehead atoms. The van der Waals surface area contributed by atoms with Crippen molar-refractivity contribution in [3.63, 3.8) is 0 Å². The van der Waals surface area contributed by atoms with Crippen LogP contribution in [0.5, 0.6) is 5.19 Å². The van der Waals surface area contributed by atoms with E-state index in [1.54, 1.807) is 11.3 Å². The van der Waals surface area contributed by atoms with E-state index in [1.807, 2.05) is 0 Å². The third kappa shape index (κ3) is 3.42. The molecule has 0 saturated heterocycles. The molecule has 1 aromatic heterocycles. The van der Waals surface area contributed by atoms with Gasteiger partial charge < -0.3 is 10.1 Å². The van der Waals surface area contributed by atoms with Gasteiger partial charge in [0.05, 0.1) is 0 Å². The lowest BCUT2D eigenvalue weighted by Gasteiger charge is -2.07. The van der Waals surface area contributed by atoms with Gasteiger partial charge in [-0.25, -0.2) is 0 Å². The van der Waals surface area contributed by atoms with Gasteiger partial charge in [-0.15, -0.1) is 5.10 Å². The van der Waals surface area contributed by atoms with Gasteiger partial charge in [0.15, 0.2) is 0 Å². The largest absolute Gasteiger partial charge is 0.466 e. The zero-order valence-corrected chi connectivity index (χ0v) is 10.6. The summed E-state index contributed by atoms with van der Waals surface area (Å²) in [6, 6.07) is 0. The maximum absolute atomic E-state index is 5.78. The smallest absolute Gasteiger partial charge is 0.294 e. The van der Waals surface area contributed by atoms with Crippen LogP contribution in [0.3, 0.4) is 0 Å². The van der Waals surface area contributed by atoms with E-state index in [9.17, 15) is 0 Å². The summed E-state index contributed by atoms with van der Waals surface area (Å²) < 4.78 is 5.78. The Kier molecular flexibility index (Phi) is 4.54. The maximum Gasteiger partial charge on any atom is 0.294 e. The third-order valence-electron chi connectivity index (χ3n) is 2.72. The molecule has 2 rings (SSSR count). The van der Waals surface area contributed by atoms with Crippen LogP contribution in [0.25, 0.3) is 0 Å². The summed E-state index contributed by atoms with van der Waals surface area (Å²) in [5.41, 5.74) is 0. The Morgan fingerprint density at radius 3 is 2.94 bits per heavy atom. The molecule has 0 amide bonds. The highest BCUT2D eigenvalue weighted by Gasteiger charge is 2.18. The first-order valence-electron chi connectivity index (χ1n) is 6.08. The molecule has 1 saturated carbocycles. The molecular weight excluding hydrogens is 222 g/mol. The summed E-state index contributed by atoms with van der Waals surface area (Å²) in [4.78, 5) is 0. The SMILES string of the molecule is CCCNCc1nnc(OC2CCCC2)s1. The van der Waals surface area contributed by atoms with Gasteiger partial charge in [0.1, 0.15) is 11.1 Å². The summed E-state index contributed by atoms with van der Waals surface area (Å²) in [7, 11) is 0. The normalized spacial score (nSPS) is 16.8. The van der Waals surface area contributed by atoms with E-state index >= 15 is 0 Å². The zero-order chi connectivity index (χ0) is 11.2. The van der Waals surface area contributed by atoms with Crippen LogP contribution in [0.1, 0.15) is 44.0 Å². The summed E-state index contributed by atoms with van der Waals surface area (Å²) in [6.07, 6.45) is 6.43. The first-order valence-corrected chi connectivity index (χ1v) is 6.90. The predicted octanol–water partition coefficient (Wildman–Crippen LogP) is 2.36. The van der Waals surface area contributed by atoms with E-state index in [0.29, 0.717) is 6.10 Å². The average Bonchev–Trinajstić information content (AvgIpc) is 2.91. The quantitative estimate of drug-likeness (QED) is 0.777. The molecule has 0 aromatic carbocycles. The molecule has 0 radical (unpaired) electrons. The number of nitrogens with zero attached hydrogens (tertiary/aromatic N) is 2. The standard InChI is InChI=1S/C11H19N3OS/c1-2-7-12-8-10-13-14-11(16-10)15-9-5-3-4-6-9/h9,12H,2-8H2,1H3. The molecule has 0 unspecified atom stereocenters. The van der Waals surface area contributed by atoms with Gasteiger partial charge in [0, 0.05) is 6.54 Å². The second-order valence-electron chi connectivity index (χ2n) is 4.16. The van der Waals surface area contributed by atoms with E-state index in [2.05, 4.69) is 22.4 Å². The highest BCUT2D eigenvalue weighted by Crippen LogP contribution is 2.26. The molecule has 0 spiro atoms. The molecule has 1 fully saturated rings. The van der Waals surface area contributed by atoms with Crippen LogP contribution >= 0.6 is 11.3 Å². The van der Waals surface area contributed by atoms with Gasteiger partial charge in [-0.2, -0.15) is 0 Å². The molecule has 90 valence electrons. The molecule has 16 heavy (non-hydrogen) atoms. The van der Waals surface area contributed by atoms with Crippen LogP contribution < -0.4 is 10.1 Å². The molecule has 1 aliphatic rings. The van der Waals surface area contributed by atoms with Crippen molar-refractivity contribution in [3.8, 4) is 5.19 Å². The van der Waals surface area contributed by atoms with E-state index in [4.69, 9.17) is 4.74 Å². The number of hydrogen-bond acceptors (Lipinski definition) is 5. The van der Waals surface area contributed by atoms with Crippen LogP contribution in [-0.4, -0.2) is 22.8 Å². The molecule has 0 aliphatic heterocycles. The fourth-order valence-corrected chi connectivity index (χ4v) is 2.60. The van der Waals surface area contributed by atoms with Crippen molar-refractivity contribution in [2.45, 2.75) is 51.7 Å². The van der Waals surface area contributed by atoms with Gasteiger partial charge >= 0.3 is 0 Å². The van der Waals surface area contributed by atoms with Gasteiger partial charge in [0.25, 0.3) is 5.19 Å². The topological polar surface area (TPSA) is 47.0 Å². The van der Waals surface area contributed by atoms with E-state index in [1.165, 1.54) is 25.7 Å². The minimum absolute atomic E-state index is 0.379. The molecular formula is C11H19N3OS. The number of rotatable bonds is 6. The lowest BCUT2D eigenvalue weighted by molar-refractivity contribution is 0.207. The summed E-state index contributed by atoms with van der Waals surface area (Å²) in [6.45, 7) is 3.99. The molecule has 5 heteroatoms. The molecule has 1 N–H and O–H groups in total. The molecule has 0 atom stereocenters. The Morgan fingerprint density at radius 2 is 2.19 bits per heavy atom. The molecule has 1 aliphatic carbocycles. The predicted molar refractivity (Wildman–Crippen MR) is 64.8 cm³/mol. The number of aromatic nitrogens is 2. The number of nitrogens with one attached hydrogen (secondary N) is 1. The van der Waals surface area contributed by atoms with Crippen molar-refractivity contribution in [2.24, 2.45) is 0 Å². The Balaban J connectivity index is 1.77. The van der Waals surface area contributed by atoms with Crippen LogP contribution in [0, 0.1) is 0 Å². The Labute approximate surface area is 100 Å². The van der Waals surface area contributed by atoms with E-state index in [-0.39, 0.29) is 0 Å². The third-order valence-corrected chi connectivity index (χ3v) is 3.54. The summed E-state index contributed by atoms with van der Waals surface area (Å²) in [5, 5.41) is 13.2. The van der Waals surface area contributed by atoms with Crippen LogP contribution in [0.15, 0.2) is 0 Å². The number of ether oxygens (including phenoxy) is 1. The first kappa shape index (κ1) is 11.8. The summed E-state index contributed by atoms with van der Waals surface area (Å²) >= 11 is 1.56. The molecule has 1 heterocycles. The van der Waals surface area contributed by atoms with Gasteiger partial charge in [-0.05, 0) is 38.6 Å². The van der Waals surface area contributed by atoms with E-state index in [0.717, 1.165) is 29.7 Å². The van der Waals surface area contributed by atoms with Crippen LogP contribution in [-0.2, 0) is 6.54 Å².